The number of rotatable bonds is 6. The van der Waals surface area contributed by atoms with Crippen LogP contribution in [0.5, 0.6) is 0 Å². The molecule has 0 spiro atoms. The van der Waals surface area contributed by atoms with E-state index in [0.717, 1.165) is 24.1 Å². The Labute approximate surface area is 181 Å². The quantitative estimate of drug-likeness (QED) is 0.726. The molecule has 6 nitrogen and oxygen atoms in total. The van der Waals surface area contributed by atoms with Gasteiger partial charge in [-0.2, -0.15) is 0 Å². The van der Waals surface area contributed by atoms with E-state index in [4.69, 9.17) is 4.74 Å². The highest BCUT2D eigenvalue weighted by Gasteiger charge is 2.28. The van der Waals surface area contributed by atoms with Crippen LogP contribution in [0.2, 0.25) is 0 Å². The minimum Gasteiger partial charge on any atom is -0.378 e. The molecule has 7 heteroatoms. The van der Waals surface area contributed by atoms with E-state index in [1.807, 2.05) is 35.2 Å². The van der Waals surface area contributed by atoms with Crippen LogP contribution in [-0.2, 0) is 16.0 Å². The Hall–Kier alpha value is -2.38. The number of carbonyl (C=O) groups excluding carboxylic acids is 2. The van der Waals surface area contributed by atoms with Gasteiger partial charge in [-0.25, -0.2) is 4.79 Å². The van der Waals surface area contributed by atoms with Crippen molar-refractivity contribution < 1.29 is 14.3 Å². The van der Waals surface area contributed by atoms with Crippen LogP contribution >= 0.6 is 11.3 Å². The van der Waals surface area contributed by atoms with Crippen LogP contribution in [0.3, 0.4) is 0 Å². The van der Waals surface area contributed by atoms with Crippen molar-refractivity contribution in [3.8, 4) is 0 Å². The average molecular weight is 428 g/mol. The van der Waals surface area contributed by atoms with Gasteiger partial charge in [-0.1, -0.05) is 31.0 Å². The van der Waals surface area contributed by atoms with E-state index in [0.29, 0.717) is 38.6 Å². The Morgan fingerprint density at radius 3 is 2.50 bits per heavy atom. The number of urea groups is 1. The first-order valence-electron chi connectivity index (χ1n) is 10.7. The van der Waals surface area contributed by atoms with Crippen LogP contribution in [0.4, 0.5) is 10.5 Å². The lowest BCUT2D eigenvalue weighted by molar-refractivity contribution is -0.134. The van der Waals surface area contributed by atoms with Crippen LogP contribution < -0.4 is 10.6 Å². The largest absolute Gasteiger partial charge is 0.378 e. The second-order valence-electron chi connectivity index (χ2n) is 8.00. The van der Waals surface area contributed by atoms with E-state index < -0.39 is 0 Å². The van der Waals surface area contributed by atoms with Gasteiger partial charge in [0.1, 0.15) is 0 Å². The molecule has 0 unspecified atom stereocenters. The van der Waals surface area contributed by atoms with Crippen molar-refractivity contribution in [2.75, 3.05) is 31.6 Å². The number of ether oxygens (including phenoxy) is 1. The maximum absolute atomic E-state index is 12.7. The minimum absolute atomic E-state index is 0.0675. The van der Waals surface area contributed by atoms with Crippen molar-refractivity contribution in [3.63, 3.8) is 0 Å². The van der Waals surface area contributed by atoms with Crippen molar-refractivity contribution in [1.82, 2.24) is 10.2 Å². The molecule has 2 aliphatic rings. The van der Waals surface area contributed by atoms with Crippen LogP contribution in [0.15, 0.2) is 41.8 Å². The number of anilines is 1. The number of hydrogen-bond donors (Lipinski definition) is 2. The summed E-state index contributed by atoms with van der Waals surface area (Å²) >= 11 is 1.70. The van der Waals surface area contributed by atoms with Crippen molar-refractivity contribution >= 4 is 29.0 Å². The number of hydrogen-bond acceptors (Lipinski definition) is 4. The van der Waals surface area contributed by atoms with Crippen molar-refractivity contribution in [2.45, 2.75) is 38.1 Å². The summed E-state index contributed by atoms with van der Waals surface area (Å²) in [6.45, 7) is 2.53. The van der Waals surface area contributed by atoms with Crippen molar-refractivity contribution in [1.29, 1.82) is 0 Å². The number of nitrogens with zero attached hydrogens (tertiary/aromatic N) is 1. The number of carbonyl (C=O) groups is 2. The summed E-state index contributed by atoms with van der Waals surface area (Å²) in [4.78, 5) is 28.1. The molecule has 2 N–H and O–H groups in total. The molecule has 1 aromatic heterocycles. The third-order valence-corrected chi connectivity index (χ3v) is 6.89. The molecule has 1 saturated heterocycles. The Morgan fingerprint density at radius 1 is 1.10 bits per heavy atom. The van der Waals surface area contributed by atoms with E-state index >= 15 is 0 Å². The second-order valence-corrected chi connectivity index (χ2v) is 8.98. The number of nitrogens with one attached hydrogen (secondary N) is 2. The lowest BCUT2D eigenvalue weighted by Crippen LogP contribution is -2.41. The standard InChI is InChI=1S/C23H29N3O3S/c27-21(26-11-13-29-14-12-26)16-17-7-9-19(10-8-17)24-23(28)25-22(18-4-1-2-5-18)20-6-3-15-30-20/h3,6-10,15,18,22H,1-2,4-5,11-14,16H2,(H2,24,25,28)/t22-/m1/s1. The summed E-state index contributed by atoms with van der Waals surface area (Å²) in [6, 6.07) is 11.6. The second kappa shape index (κ2) is 10.1. The summed E-state index contributed by atoms with van der Waals surface area (Å²) in [5.74, 6) is 0.620. The third-order valence-electron chi connectivity index (χ3n) is 5.94. The van der Waals surface area contributed by atoms with Gasteiger partial charge in [0.15, 0.2) is 0 Å². The minimum atomic E-state index is -0.183. The molecule has 1 aliphatic carbocycles. The first-order valence-corrected chi connectivity index (χ1v) is 11.6. The molecule has 160 valence electrons. The molecule has 0 radical (unpaired) electrons. The molecule has 1 saturated carbocycles. The molecular weight excluding hydrogens is 398 g/mol. The summed E-state index contributed by atoms with van der Waals surface area (Å²) in [7, 11) is 0. The first-order chi connectivity index (χ1) is 14.7. The predicted octanol–water partition coefficient (Wildman–Crippen LogP) is 4.20. The first kappa shape index (κ1) is 20.9. The van der Waals surface area contributed by atoms with Gasteiger partial charge in [0.25, 0.3) is 0 Å². The van der Waals surface area contributed by atoms with Gasteiger partial charge in [-0.05, 0) is 47.9 Å². The van der Waals surface area contributed by atoms with E-state index in [2.05, 4.69) is 22.1 Å². The van der Waals surface area contributed by atoms with E-state index in [-0.39, 0.29) is 18.0 Å². The fraction of sp³-hybridized carbons (Fsp3) is 0.478. The predicted molar refractivity (Wildman–Crippen MR) is 119 cm³/mol. The fourth-order valence-corrected chi connectivity index (χ4v) is 5.16. The fourth-order valence-electron chi connectivity index (χ4n) is 4.29. The smallest absolute Gasteiger partial charge is 0.319 e. The number of morpholine rings is 1. The molecule has 1 atom stereocenters. The molecule has 0 bridgehead atoms. The van der Waals surface area contributed by atoms with E-state index in [9.17, 15) is 9.59 Å². The Bertz CT molecular complexity index is 826. The Balaban J connectivity index is 1.32. The summed E-state index contributed by atoms with van der Waals surface area (Å²) in [5.41, 5.74) is 1.67. The molecule has 2 heterocycles. The van der Waals surface area contributed by atoms with Gasteiger partial charge in [0.05, 0.1) is 25.7 Å². The molecule has 2 fully saturated rings. The van der Waals surface area contributed by atoms with Gasteiger partial charge in [-0.15, -0.1) is 11.3 Å². The zero-order valence-corrected chi connectivity index (χ0v) is 18.0. The lowest BCUT2D eigenvalue weighted by atomic mass is 9.97. The number of benzene rings is 1. The van der Waals surface area contributed by atoms with Gasteiger partial charge in [0, 0.05) is 23.7 Å². The van der Waals surface area contributed by atoms with Gasteiger partial charge < -0.3 is 20.3 Å². The molecule has 1 aromatic carbocycles. The summed E-state index contributed by atoms with van der Waals surface area (Å²) in [5, 5.41) is 8.20. The highest BCUT2D eigenvalue weighted by molar-refractivity contribution is 7.10. The number of amides is 3. The highest BCUT2D eigenvalue weighted by Crippen LogP contribution is 2.37. The lowest BCUT2D eigenvalue weighted by Gasteiger charge is -2.26. The normalized spacial score (nSPS) is 18.2. The van der Waals surface area contributed by atoms with Crippen LogP contribution in [0, 0.1) is 5.92 Å². The number of thiophene rings is 1. The van der Waals surface area contributed by atoms with Crippen LogP contribution in [-0.4, -0.2) is 43.1 Å². The van der Waals surface area contributed by atoms with E-state index in [1.54, 1.807) is 11.3 Å². The van der Waals surface area contributed by atoms with Gasteiger partial charge >= 0.3 is 6.03 Å². The third kappa shape index (κ3) is 5.40. The van der Waals surface area contributed by atoms with E-state index in [1.165, 1.54) is 17.7 Å². The highest BCUT2D eigenvalue weighted by atomic mass is 32.1. The summed E-state index contributed by atoms with van der Waals surface area (Å²) < 4.78 is 5.30. The molecule has 4 rings (SSSR count). The Morgan fingerprint density at radius 2 is 1.83 bits per heavy atom. The molecule has 2 aromatic rings. The average Bonchev–Trinajstić information content (AvgIpc) is 3.49. The maximum Gasteiger partial charge on any atom is 0.319 e. The molecule has 1 aliphatic heterocycles. The van der Waals surface area contributed by atoms with Crippen molar-refractivity contribution in [2.24, 2.45) is 5.92 Å². The van der Waals surface area contributed by atoms with Crippen LogP contribution in [0.1, 0.15) is 42.2 Å². The monoisotopic (exact) mass is 427 g/mol. The maximum atomic E-state index is 12.7. The van der Waals surface area contributed by atoms with Gasteiger partial charge in [0.2, 0.25) is 5.91 Å². The SMILES string of the molecule is O=C(Nc1ccc(CC(=O)N2CCOCC2)cc1)N[C@@H](c1cccs1)C1CCCC1. The molecule has 30 heavy (non-hydrogen) atoms. The molecular formula is C23H29N3O3S. The molecule has 3 amide bonds. The van der Waals surface area contributed by atoms with Crippen molar-refractivity contribution in [3.05, 3.63) is 52.2 Å². The zero-order valence-electron chi connectivity index (χ0n) is 17.1. The zero-order chi connectivity index (χ0) is 20.8. The van der Waals surface area contributed by atoms with Crippen LogP contribution in [0.25, 0.3) is 0 Å². The Kier molecular flexibility index (Phi) is 7.02. The van der Waals surface area contributed by atoms with Gasteiger partial charge in [-0.3, -0.25) is 4.79 Å². The topological polar surface area (TPSA) is 70.7 Å². The summed E-state index contributed by atoms with van der Waals surface area (Å²) in [6.07, 6.45) is 5.17.